The quantitative estimate of drug-likeness (QED) is 0.364. The molecule has 3 nitrogen and oxygen atoms in total. The summed E-state index contributed by atoms with van der Waals surface area (Å²) >= 11 is 0. The van der Waals surface area contributed by atoms with E-state index in [9.17, 15) is 0 Å². The largest absolute Gasteiger partial charge is 0.480 e. The summed E-state index contributed by atoms with van der Waals surface area (Å²) in [5.41, 5.74) is 1.07. The highest BCUT2D eigenvalue weighted by Crippen LogP contribution is 1.98. The van der Waals surface area contributed by atoms with Gasteiger partial charge in [-0.2, -0.15) is 0 Å². The van der Waals surface area contributed by atoms with Crippen molar-refractivity contribution < 1.29 is 10.0 Å². The van der Waals surface area contributed by atoms with E-state index in [1.165, 1.54) is 5.98 Å². The summed E-state index contributed by atoms with van der Waals surface area (Å²) in [7, 11) is -1.27. The van der Waals surface area contributed by atoms with Crippen molar-refractivity contribution in [2.24, 2.45) is 0 Å². The first-order valence-electron chi connectivity index (χ1n) is 2.55. The molecule has 1 aliphatic heterocycles. The summed E-state index contributed by atoms with van der Waals surface area (Å²) in [6.45, 7) is 1.61. The van der Waals surface area contributed by atoms with Gasteiger partial charge in [0.25, 0.3) is 0 Å². The molecular weight excluding hydrogens is 105 g/mol. The van der Waals surface area contributed by atoms with Crippen LogP contribution in [0.3, 0.4) is 0 Å². The van der Waals surface area contributed by atoms with E-state index < -0.39 is 7.12 Å². The van der Waals surface area contributed by atoms with Crippen molar-refractivity contribution in [3.8, 4) is 0 Å². The molecule has 0 aromatic heterocycles. The molecule has 0 atom stereocenters. The Kier molecular flexibility index (Phi) is 1.67. The summed E-state index contributed by atoms with van der Waals surface area (Å²) in [6, 6.07) is 0. The lowest BCUT2D eigenvalue weighted by Crippen LogP contribution is -2.35. The Labute approximate surface area is 48.2 Å². The Morgan fingerprint density at radius 2 is 2.12 bits per heavy atom. The minimum Gasteiger partial charge on any atom is -0.424 e. The van der Waals surface area contributed by atoms with Gasteiger partial charge in [-0.3, -0.25) is 0 Å². The number of nitrogens with one attached hydrogen (secondary N) is 1. The molecule has 4 heteroatoms. The zero-order chi connectivity index (χ0) is 5.98. The molecule has 1 aliphatic rings. The molecule has 0 spiro atoms. The summed E-state index contributed by atoms with van der Waals surface area (Å²) in [6.07, 6.45) is 0. The first kappa shape index (κ1) is 5.82. The fourth-order valence-corrected chi connectivity index (χ4v) is 0.598. The highest BCUT2D eigenvalue weighted by Gasteiger charge is 2.10. The van der Waals surface area contributed by atoms with E-state index in [1.54, 1.807) is 0 Å². The fourth-order valence-electron chi connectivity index (χ4n) is 0.598. The molecule has 1 rings (SSSR count). The lowest BCUT2D eigenvalue weighted by atomic mass is 9.87. The molecule has 0 unspecified atom stereocenters. The summed E-state index contributed by atoms with van der Waals surface area (Å²) in [5, 5.41) is 19.7. The van der Waals surface area contributed by atoms with Crippen LogP contribution in [0.15, 0.2) is 11.5 Å². The first-order chi connectivity index (χ1) is 3.79. The molecule has 8 heavy (non-hydrogen) atoms. The topological polar surface area (TPSA) is 52.5 Å². The van der Waals surface area contributed by atoms with Crippen LogP contribution in [0.5, 0.6) is 0 Å². The zero-order valence-corrected chi connectivity index (χ0v) is 4.46. The van der Waals surface area contributed by atoms with Crippen LogP contribution in [0.2, 0.25) is 0 Å². The van der Waals surface area contributed by atoms with Crippen LogP contribution in [0.4, 0.5) is 0 Å². The predicted molar refractivity (Wildman–Crippen MR) is 31.1 cm³/mol. The van der Waals surface area contributed by atoms with Crippen LogP contribution < -0.4 is 5.32 Å². The average molecular weight is 113 g/mol. The lowest BCUT2D eigenvalue weighted by molar-refractivity contribution is 0.422. The van der Waals surface area contributed by atoms with Crippen LogP contribution >= 0.6 is 0 Å². The number of hydrogen-bond donors (Lipinski definition) is 3. The third-order valence-electron chi connectivity index (χ3n) is 1.09. The second-order valence-corrected chi connectivity index (χ2v) is 1.84. The van der Waals surface area contributed by atoms with Gasteiger partial charge in [0.05, 0.1) is 0 Å². The van der Waals surface area contributed by atoms with Gasteiger partial charge in [0.2, 0.25) is 0 Å². The van der Waals surface area contributed by atoms with Crippen LogP contribution in [-0.4, -0.2) is 30.3 Å². The van der Waals surface area contributed by atoms with Crippen molar-refractivity contribution in [2.75, 3.05) is 13.1 Å². The van der Waals surface area contributed by atoms with Gasteiger partial charge >= 0.3 is 7.12 Å². The monoisotopic (exact) mass is 113 g/mol. The van der Waals surface area contributed by atoms with E-state index in [2.05, 4.69) is 5.32 Å². The van der Waals surface area contributed by atoms with Crippen LogP contribution in [0.1, 0.15) is 0 Å². The molecule has 44 valence electrons. The summed E-state index contributed by atoms with van der Waals surface area (Å²) in [4.78, 5) is 0. The maximum atomic E-state index is 8.34. The third kappa shape index (κ3) is 1.33. The van der Waals surface area contributed by atoms with Crippen molar-refractivity contribution in [3.63, 3.8) is 0 Å². The van der Waals surface area contributed by atoms with E-state index in [1.807, 2.05) is 0 Å². The molecule has 0 bridgehead atoms. The highest BCUT2D eigenvalue weighted by molar-refractivity contribution is 6.47. The standard InChI is InChI=1S/C4H8BNO2/c7-5(8)1-4-2-6-3-4/h1,6-8H,2-3H2. The molecule has 0 aromatic carbocycles. The average Bonchev–Trinajstić information content (AvgIpc) is 1.55. The molecule has 0 aliphatic carbocycles. The van der Waals surface area contributed by atoms with Crippen molar-refractivity contribution >= 4 is 7.12 Å². The van der Waals surface area contributed by atoms with Gasteiger partial charge in [0.15, 0.2) is 0 Å². The maximum absolute atomic E-state index is 8.34. The van der Waals surface area contributed by atoms with Crippen LogP contribution in [-0.2, 0) is 0 Å². The Hall–Kier alpha value is -0.315. The Morgan fingerprint density at radius 3 is 2.25 bits per heavy atom. The van der Waals surface area contributed by atoms with Crippen LogP contribution in [0.25, 0.3) is 0 Å². The van der Waals surface area contributed by atoms with Gasteiger partial charge in [-0.25, -0.2) is 0 Å². The maximum Gasteiger partial charge on any atom is 0.480 e. The first-order valence-corrected chi connectivity index (χ1v) is 2.55. The smallest absolute Gasteiger partial charge is 0.424 e. The molecule has 1 saturated heterocycles. The van der Waals surface area contributed by atoms with Crippen molar-refractivity contribution in [3.05, 3.63) is 11.5 Å². The van der Waals surface area contributed by atoms with E-state index >= 15 is 0 Å². The molecule has 1 fully saturated rings. The molecule has 0 aromatic rings. The summed E-state index contributed by atoms with van der Waals surface area (Å²) < 4.78 is 0. The Morgan fingerprint density at radius 1 is 1.50 bits per heavy atom. The second kappa shape index (κ2) is 2.30. The molecule has 0 saturated carbocycles. The molecule has 1 heterocycles. The fraction of sp³-hybridized carbons (Fsp3) is 0.500. The minimum atomic E-state index is -1.27. The van der Waals surface area contributed by atoms with E-state index in [0.717, 1.165) is 18.7 Å². The molecule has 0 amide bonds. The van der Waals surface area contributed by atoms with Crippen LogP contribution in [0, 0.1) is 0 Å². The highest BCUT2D eigenvalue weighted by atomic mass is 16.4. The molecule has 3 N–H and O–H groups in total. The predicted octanol–water partition coefficient (Wildman–Crippen LogP) is -1.47. The zero-order valence-electron chi connectivity index (χ0n) is 4.46. The van der Waals surface area contributed by atoms with Gasteiger partial charge in [0.1, 0.15) is 0 Å². The van der Waals surface area contributed by atoms with Gasteiger partial charge in [-0.15, -0.1) is 0 Å². The van der Waals surface area contributed by atoms with Gasteiger partial charge in [-0.05, 0) is 0 Å². The third-order valence-corrected chi connectivity index (χ3v) is 1.09. The number of hydrogen-bond acceptors (Lipinski definition) is 3. The van der Waals surface area contributed by atoms with Crippen molar-refractivity contribution in [2.45, 2.75) is 0 Å². The SMILES string of the molecule is OB(O)C=C1CNC1. The van der Waals surface area contributed by atoms with E-state index in [-0.39, 0.29) is 0 Å². The minimum absolute atomic E-state index is 0.803. The molecular formula is C4H8BNO2. The van der Waals surface area contributed by atoms with Gasteiger partial charge in [0, 0.05) is 13.1 Å². The van der Waals surface area contributed by atoms with E-state index in [0.29, 0.717) is 0 Å². The van der Waals surface area contributed by atoms with Gasteiger partial charge in [-0.1, -0.05) is 11.5 Å². The normalized spacial score (nSPS) is 17.5. The summed E-state index contributed by atoms with van der Waals surface area (Å²) in [5.74, 6) is 1.44. The number of rotatable bonds is 1. The van der Waals surface area contributed by atoms with Crippen molar-refractivity contribution in [1.29, 1.82) is 0 Å². The van der Waals surface area contributed by atoms with E-state index in [4.69, 9.17) is 10.0 Å². The second-order valence-electron chi connectivity index (χ2n) is 1.84. The Bertz CT molecular complexity index is 107. The molecule has 0 radical (unpaired) electrons. The Balaban J connectivity index is 2.30. The van der Waals surface area contributed by atoms with Gasteiger partial charge < -0.3 is 15.4 Å². The lowest BCUT2D eigenvalue weighted by Gasteiger charge is -2.17. The van der Waals surface area contributed by atoms with Crippen molar-refractivity contribution in [1.82, 2.24) is 5.32 Å².